The number of imidazole rings is 1. The summed E-state index contributed by atoms with van der Waals surface area (Å²) in [7, 11) is 0. The van der Waals surface area contributed by atoms with Crippen molar-refractivity contribution >= 4 is 11.7 Å². The first-order valence-electron chi connectivity index (χ1n) is 5.15. The first kappa shape index (κ1) is 11.8. The second-order valence-electron chi connectivity index (χ2n) is 3.91. The standard InChI is InChI=1S/C9H15N5O3/c10-8(11)7-9(12)14(3-13-7)6-1-4(16)5(2-15)17-6/h3-6,15-16H,1-2,12H2,(H3,10,11). The fourth-order valence-electron chi connectivity index (χ4n) is 1.86. The van der Waals surface area contributed by atoms with Gasteiger partial charge in [-0.1, -0.05) is 0 Å². The van der Waals surface area contributed by atoms with Gasteiger partial charge in [0.1, 0.15) is 29.7 Å². The number of anilines is 1. The Morgan fingerprint density at radius 2 is 2.41 bits per heavy atom. The molecule has 3 atom stereocenters. The maximum atomic E-state index is 9.60. The number of nitrogens with one attached hydrogen (secondary N) is 1. The average molecular weight is 241 g/mol. The van der Waals surface area contributed by atoms with E-state index in [9.17, 15) is 5.11 Å². The molecule has 0 amide bonds. The highest BCUT2D eigenvalue weighted by Crippen LogP contribution is 2.30. The van der Waals surface area contributed by atoms with Crippen LogP contribution in [0.25, 0.3) is 0 Å². The number of aliphatic hydroxyl groups excluding tert-OH is 2. The minimum absolute atomic E-state index is 0.190. The highest BCUT2D eigenvalue weighted by Gasteiger charge is 2.35. The van der Waals surface area contributed by atoms with Gasteiger partial charge in [-0.05, 0) is 0 Å². The van der Waals surface area contributed by atoms with Crippen LogP contribution in [0.1, 0.15) is 18.3 Å². The molecule has 0 aromatic carbocycles. The maximum Gasteiger partial charge on any atom is 0.147 e. The quantitative estimate of drug-likeness (QED) is 0.318. The zero-order valence-electron chi connectivity index (χ0n) is 9.08. The first-order chi connectivity index (χ1) is 8.04. The van der Waals surface area contributed by atoms with Crippen molar-refractivity contribution in [3.8, 4) is 0 Å². The van der Waals surface area contributed by atoms with E-state index < -0.39 is 18.4 Å². The number of nitrogens with two attached hydrogens (primary N) is 2. The van der Waals surface area contributed by atoms with Crippen LogP contribution in [0.15, 0.2) is 6.33 Å². The predicted molar refractivity (Wildman–Crippen MR) is 59.3 cm³/mol. The molecule has 7 N–H and O–H groups in total. The van der Waals surface area contributed by atoms with Crippen LogP contribution in [0.2, 0.25) is 0 Å². The normalized spacial score (nSPS) is 28.5. The molecule has 0 radical (unpaired) electrons. The molecule has 0 spiro atoms. The third-order valence-electron chi connectivity index (χ3n) is 2.78. The number of nitrogen functional groups attached to an aromatic ring is 2. The van der Waals surface area contributed by atoms with Crippen LogP contribution in [0.4, 0.5) is 5.82 Å². The second-order valence-corrected chi connectivity index (χ2v) is 3.91. The number of rotatable bonds is 3. The van der Waals surface area contributed by atoms with E-state index in [1.807, 2.05) is 0 Å². The monoisotopic (exact) mass is 241 g/mol. The Morgan fingerprint density at radius 3 is 2.88 bits per heavy atom. The van der Waals surface area contributed by atoms with Gasteiger partial charge in [-0.3, -0.25) is 9.98 Å². The van der Waals surface area contributed by atoms with Gasteiger partial charge in [-0.15, -0.1) is 0 Å². The number of hydrogen-bond donors (Lipinski definition) is 5. The van der Waals surface area contributed by atoms with Crippen molar-refractivity contribution in [1.82, 2.24) is 9.55 Å². The summed E-state index contributed by atoms with van der Waals surface area (Å²) in [6.45, 7) is -0.258. The Bertz CT molecular complexity index is 432. The molecular weight excluding hydrogens is 226 g/mol. The highest BCUT2D eigenvalue weighted by atomic mass is 16.5. The molecule has 0 bridgehead atoms. The first-order valence-corrected chi connectivity index (χ1v) is 5.15. The Hall–Kier alpha value is -1.64. The number of ether oxygens (including phenoxy) is 1. The molecular formula is C9H15N5O3. The number of amidine groups is 1. The Labute approximate surface area is 97.3 Å². The lowest BCUT2D eigenvalue weighted by molar-refractivity contribution is -0.0436. The molecule has 1 aromatic heterocycles. The van der Waals surface area contributed by atoms with Crippen molar-refractivity contribution in [3.05, 3.63) is 12.0 Å². The van der Waals surface area contributed by atoms with Gasteiger partial charge in [0.15, 0.2) is 0 Å². The van der Waals surface area contributed by atoms with Crippen LogP contribution in [-0.2, 0) is 4.74 Å². The molecule has 2 rings (SSSR count). The van der Waals surface area contributed by atoms with Crippen molar-refractivity contribution in [2.45, 2.75) is 24.9 Å². The van der Waals surface area contributed by atoms with E-state index in [4.69, 9.17) is 26.7 Å². The summed E-state index contributed by atoms with van der Waals surface area (Å²) in [6.07, 6.45) is -0.148. The SMILES string of the molecule is N=C(N)c1ncn(C2CC(O)C(CO)O2)c1N. The van der Waals surface area contributed by atoms with Gasteiger partial charge in [0.2, 0.25) is 0 Å². The number of hydrogen-bond acceptors (Lipinski definition) is 6. The van der Waals surface area contributed by atoms with Crippen LogP contribution in [0.3, 0.4) is 0 Å². The smallest absolute Gasteiger partial charge is 0.147 e. The van der Waals surface area contributed by atoms with Crippen molar-refractivity contribution < 1.29 is 14.9 Å². The summed E-state index contributed by atoms with van der Waals surface area (Å²) < 4.78 is 6.91. The van der Waals surface area contributed by atoms with Gasteiger partial charge in [0.05, 0.1) is 19.0 Å². The van der Waals surface area contributed by atoms with Crippen LogP contribution in [0.5, 0.6) is 0 Å². The predicted octanol–water partition coefficient (Wildman–Crippen LogP) is -1.61. The second kappa shape index (κ2) is 4.32. The lowest BCUT2D eigenvalue weighted by atomic mass is 10.2. The third kappa shape index (κ3) is 1.97. The largest absolute Gasteiger partial charge is 0.394 e. The van der Waals surface area contributed by atoms with E-state index >= 15 is 0 Å². The Balaban J connectivity index is 2.22. The molecule has 1 aromatic rings. The fourth-order valence-corrected chi connectivity index (χ4v) is 1.86. The number of aliphatic hydroxyl groups is 2. The molecule has 1 saturated heterocycles. The van der Waals surface area contributed by atoms with E-state index in [1.54, 1.807) is 0 Å². The molecule has 1 aliphatic rings. The summed E-state index contributed by atoms with van der Waals surface area (Å²) in [4.78, 5) is 3.90. The van der Waals surface area contributed by atoms with Gasteiger partial charge in [0.25, 0.3) is 0 Å². The molecule has 1 aliphatic heterocycles. The summed E-state index contributed by atoms with van der Waals surface area (Å²) in [5.74, 6) is -0.00760. The van der Waals surface area contributed by atoms with Gasteiger partial charge < -0.3 is 26.4 Å². The molecule has 0 aliphatic carbocycles. The van der Waals surface area contributed by atoms with Gasteiger partial charge in [0, 0.05) is 6.42 Å². The fraction of sp³-hybridized carbons (Fsp3) is 0.556. The van der Waals surface area contributed by atoms with Gasteiger partial charge in [-0.25, -0.2) is 4.98 Å². The van der Waals surface area contributed by atoms with Crippen LogP contribution in [-0.4, -0.2) is 44.4 Å². The van der Waals surface area contributed by atoms with Gasteiger partial charge >= 0.3 is 0 Å². The molecule has 94 valence electrons. The zero-order valence-corrected chi connectivity index (χ0v) is 9.08. The van der Waals surface area contributed by atoms with Crippen molar-refractivity contribution in [2.24, 2.45) is 5.73 Å². The van der Waals surface area contributed by atoms with Crippen LogP contribution in [0, 0.1) is 5.41 Å². The number of nitrogens with zero attached hydrogens (tertiary/aromatic N) is 2. The summed E-state index contributed by atoms with van der Waals surface area (Å²) >= 11 is 0. The van der Waals surface area contributed by atoms with Crippen LogP contribution >= 0.6 is 0 Å². The lowest BCUT2D eigenvalue weighted by Gasteiger charge is -2.14. The molecule has 3 unspecified atom stereocenters. The van der Waals surface area contributed by atoms with Gasteiger partial charge in [-0.2, -0.15) is 0 Å². The lowest BCUT2D eigenvalue weighted by Crippen LogP contribution is -2.24. The van der Waals surface area contributed by atoms with Crippen molar-refractivity contribution in [2.75, 3.05) is 12.3 Å². The molecule has 2 heterocycles. The maximum absolute atomic E-state index is 9.60. The Morgan fingerprint density at radius 1 is 1.71 bits per heavy atom. The van der Waals surface area contributed by atoms with E-state index in [0.717, 1.165) is 0 Å². The summed E-state index contributed by atoms with van der Waals surface area (Å²) in [5.41, 5.74) is 11.3. The average Bonchev–Trinajstić information content (AvgIpc) is 2.81. The molecule has 8 nitrogen and oxygen atoms in total. The van der Waals surface area contributed by atoms with E-state index in [-0.39, 0.29) is 24.0 Å². The minimum atomic E-state index is -0.743. The Kier molecular flexibility index (Phi) is 3.01. The molecule has 8 heteroatoms. The van der Waals surface area contributed by atoms with E-state index in [1.165, 1.54) is 10.9 Å². The molecule has 0 saturated carbocycles. The highest BCUT2D eigenvalue weighted by molar-refractivity contribution is 5.97. The van der Waals surface area contributed by atoms with E-state index in [0.29, 0.717) is 6.42 Å². The number of aromatic nitrogens is 2. The molecule has 17 heavy (non-hydrogen) atoms. The summed E-state index contributed by atoms with van der Waals surface area (Å²) in [6, 6.07) is 0. The topological polar surface area (TPSA) is 143 Å². The van der Waals surface area contributed by atoms with Crippen molar-refractivity contribution in [3.63, 3.8) is 0 Å². The summed E-state index contributed by atoms with van der Waals surface area (Å²) in [5, 5.41) is 25.8. The van der Waals surface area contributed by atoms with E-state index in [2.05, 4.69) is 4.98 Å². The minimum Gasteiger partial charge on any atom is -0.394 e. The molecule has 1 fully saturated rings. The zero-order chi connectivity index (χ0) is 12.6. The third-order valence-corrected chi connectivity index (χ3v) is 2.78. The van der Waals surface area contributed by atoms with Crippen LogP contribution < -0.4 is 11.5 Å². The van der Waals surface area contributed by atoms with Crippen molar-refractivity contribution in [1.29, 1.82) is 5.41 Å².